The van der Waals surface area contributed by atoms with E-state index in [1.165, 1.54) is 10.4 Å². The summed E-state index contributed by atoms with van der Waals surface area (Å²) in [7, 11) is -3.66. The normalized spacial score (nSPS) is 16.4. The molecule has 0 saturated carbocycles. The van der Waals surface area contributed by atoms with Crippen molar-refractivity contribution < 1.29 is 17.7 Å². The summed E-state index contributed by atoms with van der Waals surface area (Å²) in [6.07, 6.45) is 1.02. The van der Waals surface area contributed by atoms with E-state index in [2.05, 4.69) is 10.5 Å². The summed E-state index contributed by atoms with van der Waals surface area (Å²) in [6, 6.07) is 4.55. The van der Waals surface area contributed by atoms with Gasteiger partial charge in [-0.2, -0.15) is 4.31 Å². The molecule has 27 heavy (non-hydrogen) atoms. The van der Waals surface area contributed by atoms with E-state index in [-0.39, 0.29) is 22.6 Å². The maximum absolute atomic E-state index is 12.8. The van der Waals surface area contributed by atoms with Gasteiger partial charge in [0.05, 0.1) is 10.0 Å². The summed E-state index contributed by atoms with van der Waals surface area (Å²) < 4.78 is 32.0. The van der Waals surface area contributed by atoms with Gasteiger partial charge in [-0.05, 0) is 44.9 Å². The molecule has 1 amide bonds. The van der Waals surface area contributed by atoms with Crippen LogP contribution in [0.3, 0.4) is 0 Å². The molecule has 1 aliphatic rings. The standard InChI is InChI=1S/C17H19Cl2N3O4S/c1-10-16(11(2)26-21-10)27(24,25)22-7-5-13(6-8-22)20-17(23)12-3-4-14(18)15(19)9-12/h3-4,9,13H,5-8H2,1-2H3,(H,20,23). The third-order valence-electron chi connectivity index (χ3n) is 4.54. The van der Waals surface area contributed by atoms with Crippen LogP contribution in [0.2, 0.25) is 10.0 Å². The predicted molar refractivity (Wildman–Crippen MR) is 102 cm³/mol. The number of amides is 1. The fourth-order valence-electron chi connectivity index (χ4n) is 3.12. The molecule has 2 heterocycles. The highest BCUT2D eigenvalue weighted by atomic mass is 35.5. The Labute approximate surface area is 167 Å². The van der Waals surface area contributed by atoms with Crippen LogP contribution in [0.1, 0.15) is 34.7 Å². The number of benzene rings is 1. The Morgan fingerprint density at radius 3 is 2.44 bits per heavy atom. The number of aryl methyl sites for hydroxylation is 2. The number of hydrogen-bond donors (Lipinski definition) is 1. The Morgan fingerprint density at radius 2 is 1.89 bits per heavy atom. The number of aromatic nitrogens is 1. The van der Waals surface area contributed by atoms with E-state index in [4.69, 9.17) is 27.7 Å². The molecule has 2 aromatic rings. The molecule has 10 heteroatoms. The molecular formula is C17H19Cl2N3O4S. The van der Waals surface area contributed by atoms with Crippen LogP contribution >= 0.6 is 23.2 Å². The lowest BCUT2D eigenvalue weighted by Gasteiger charge is -2.31. The molecule has 0 atom stereocenters. The van der Waals surface area contributed by atoms with Crippen LogP contribution in [-0.2, 0) is 10.0 Å². The van der Waals surface area contributed by atoms with Gasteiger partial charge in [0, 0.05) is 24.7 Å². The number of carbonyl (C=O) groups is 1. The van der Waals surface area contributed by atoms with E-state index in [1.807, 2.05) is 0 Å². The molecule has 1 N–H and O–H groups in total. The van der Waals surface area contributed by atoms with E-state index in [1.54, 1.807) is 26.0 Å². The topological polar surface area (TPSA) is 92.5 Å². The van der Waals surface area contributed by atoms with Crippen LogP contribution in [0.15, 0.2) is 27.6 Å². The van der Waals surface area contributed by atoms with Gasteiger partial charge in [-0.15, -0.1) is 0 Å². The molecule has 1 aromatic heterocycles. The molecule has 1 fully saturated rings. The first-order valence-electron chi connectivity index (χ1n) is 8.39. The Hall–Kier alpha value is -1.61. The molecule has 0 spiro atoms. The van der Waals surface area contributed by atoms with Gasteiger partial charge in [0.25, 0.3) is 5.91 Å². The second-order valence-corrected chi connectivity index (χ2v) is 9.12. The van der Waals surface area contributed by atoms with Crippen molar-refractivity contribution in [1.29, 1.82) is 0 Å². The van der Waals surface area contributed by atoms with Crippen molar-refractivity contribution in [3.05, 3.63) is 45.3 Å². The predicted octanol–water partition coefficient (Wildman–Crippen LogP) is 3.18. The van der Waals surface area contributed by atoms with Crippen molar-refractivity contribution in [2.75, 3.05) is 13.1 Å². The van der Waals surface area contributed by atoms with Gasteiger partial charge in [-0.25, -0.2) is 8.42 Å². The maximum atomic E-state index is 12.8. The van der Waals surface area contributed by atoms with Gasteiger partial charge >= 0.3 is 0 Å². The van der Waals surface area contributed by atoms with Crippen LogP contribution in [0.5, 0.6) is 0 Å². The molecular weight excluding hydrogens is 413 g/mol. The number of rotatable bonds is 4. The Balaban J connectivity index is 1.63. The van der Waals surface area contributed by atoms with Gasteiger partial charge in [0.15, 0.2) is 5.76 Å². The minimum atomic E-state index is -3.66. The molecule has 0 unspecified atom stereocenters. The van der Waals surface area contributed by atoms with Crippen LogP contribution in [0, 0.1) is 13.8 Å². The smallest absolute Gasteiger partial charge is 0.251 e. The van der Waals surface area contributed by atoms with Crippen molar-refractivity contribution in [1.82, 2.24) is 14.8 Å². The molecule has 1 saturated heterocycles. The van der Waals surface area contributed by atoms with Crippen molar-refractivity contribution in [2.45, 2.75) is 37.6 Å². The molecule has 3 rings (SSSR count). The summed E-state index contributed by atoms with van der Waals surface area (Å²) in [6.45, 7) is 3.79. The second kappa shape index (κ2) is 7.79. The Kier molecular flexibility index (Phi) is 5.81. The molecule has 1 aliphatic heterocycles. The minimum Gasteiger partial charge on any atom is -0.360 e. The third kappa shape index (κ3) is 4.13. The average molecular weight is 432 g/mol. The molecule has 1 aromatic carbocycles. The first-order valence-corrected chi connectivity index (χ1v) is 10.6. The van der Waals surface area contributed by atoms with E-state index in [9.17, 15) is 13.2 Å². The zero-order chi connectivity index (χ0) is 19.8. The summed E-state index contributed by atoms with van der Waals surface area (Å²) in [5.41, 5.74) is 0.762. The van der Waals surface area contributed by atoms with Crippen LogP contribution in [0.25, 0.3) is 0 Å². The summed E-state index contributed by atoms with van der Waals surface area (Å²) >= 11 is 11.8. The lowest BCUT2D eigenvalue weighted by molar-refractivity contribution is 0.0924. The summed E-state index contributed by atoms with van der Waals surface area (Å²) in [4.78, 5) is 12.5. The number of piperidine rings is 1. The van der Waals surface area contributed by atoms with Crippen molar-refractivity contribution in [3.8, 4) is 0 Å². The lowest BCUT2D eigenvalue weighted by atomic mass is 10.1. The van der Waals surface area contributed by atoms with Crippen molar-refractivity contribution >= 4 is 39.1 Å². The highest BCUT2D eigenvalue weighted by molar-refractivity contribution is 7.89. The molecule has 146 valence electrons. The molecule has 0 aliphatic carbocycles. The quantitative estimate of drug-likeness (QED) is 0.801. The van der Waals surface area contributed by atoms with Gasteiger partial charge in [-0.1, -0.05) is 28.4 Å². The fourth-order valence-corrected chi connectivity index (χ4v) is 5.18. The van der Waals surface area contributed by atoms with Gasteiger partial charge in [0.2, 0.25) is 10.0 Å². The minimum absolute atomic E-state index is 0.122. The Morgan fingerprint density at radius 1 is 1.22 bits per heavy atom. The van der Waals surface area contributed by atoms with Crippen molar-refractivity contribution in [2.24, 2.45) is 0 Å². The van der Waals surface area contributed by atoms with Gasteiger partial charge < -0.3 is 9.84 Å². The molecule has 0 radical (unpaired) electrons. The van der Waals surface area contributed by atoms with Crippen molar-refractivity contribution in [3.63, 3.8) is 0 Å². The van der Waals surface area contributed by atoms with E-state index >= 15 is 0 Å². The van der Waals surface area contributed by atoms with Gasteiger partial charge in [0.1, 0.15) is 10.6 Å². The number of nitrogens with one attached hydrogen (secondary N) is 1. The second-order valence-electron chi connectivity index (χ2n) is 6.43. The Bertz CT molecular complexity index is 947. The van der Waals surface area contributed by atoms with Crippen LogP contribution in [0.4, 0.5) is 0 Å². The molecule has 7 nitrogen and oxygen atoms in total. The number of hydrogen-bond acceptors (Lipinski definition) is 5. The summed E-state index contributed by atoms with van der Waals surface area (Å²) in [5, 5.41) is 7.33. The zero-order valence-corrected chi connectivity index (χ0v) is 17.2. The molecule has 0 bridgehead atoms. The van der Waals surface area contributed by atoms with Crippen LogP contribution < -0.4 is 5.32 Å². The number of carbonyl (C=O) groups excluding carboxylic acids is 1. The van der Waals surface area contributed by atoms with E-state index < -0.39 is 10.0 Å². The van der Waals surface area contributed by atoms with Crippen LogP contribution in [-0.4, -0.2) is 42.9 Å². The maximum Gasteiger partial charge on any atom is 0.251 e. The highest BCUT2D eigenvalue weighted by Gasteiger charge is 2.34. The first kappa shape index (κ1) is 20.1. The number of halogens is 2. The number of sulfonamides is 1. The summed E-state index contributed by atoms with van der Waals surface area (Å²) in [5.74, 6) is 0.0168. The third-order valence-corrected chi connectivity index (χ3v) is 7.42. The lowest BCUT2D eigenvalue weighted by Crippen LogP contribution is -2.46. The van der Waals surface area contributed by atoms with E-state index in [0.29, 0.717) is 47.2 Å². The largest absolute Gasteiger partial charge is 0.360 e. The highest BCUT2D eigenvalue weighted by Crippen LogP contribution is 2.26. The van der Waals surface area contributed by atoms with E-state index in [0.717, 1.165) is 0 Å². The number of nitrogens with zero attached hydrogens (tertiary/aromatic N) is 2. The van der Waals surface area contributed by atoms with Gasteiger partial charge in [-0.3, -0.25) is 4.79 Å². The average Bonchev–Trinajstić information content (AvgIpc) is 2.97. The first-order chi connectivity index (χ1) is 12.7. The monoisotopic (exact) mass is 431 g/mol. The fraction of sp³-hybridized carbons (Fsp3) is 0.412. The SMILES string of the molecule is Cc1noc(C)c1S(=O)(=O)N1CCC(NC(=O)c2ccc(Cl)c(Cl)c2)CC1. The zero-order valence-electron chi connectivity index (χ0n) is 14.8.